The van der Waals surface area contributed by atoms with E-state index in [1.807, 2.05) is 0 Å². The predicted molar refractivity (Wildman–Crippen MR) is 48.9 cm³/mol. The Kier molecular flexibility index (Phi) is 2.53. The molecule has 4 rings (SSSR count). The minimum atomic E-state index is -6.58. The van der Waals surface area contributed by atoms with E-state index in [2.05, 4.69) is 0 Å². The van der Waals surface area contributed by atoms with Crippen molar-refractivity contribution in [2.75, 3.05) is 0 Å². The Labute approximate surface area is 119 Å². The summed E-state index contributed by atoms with van der Waals surface area (Å²) >= 11 is 0. The zero-order chi connectivity index (χ0) is 18.2. The summed E-state index contributed by atoms with van der Waals surface area (Å²) in [7, 11) is 0. The van der Waals surface area contributed by atoms with Gasteiger partial charge in [-0.25, -0.2) is 43.9 Å². The molecule has 0 aliphatic heterocycles. The van der Waals surface area contributed by atoms with Crippen LogP contribution in [0.4, 0.5) is 52.7 Å². The van der Waals surface area contributed by atoms with E-state index in [1.54, 1.807) is 0 Å². The number of hydrogen-bond acceptors (Lipinski definition) is 0. The average Bonchev–Trinajstić information content (AvgIpc) is 2.38. The molecule has 0 radical (unpaired) electrons. The first-order chi connectivity index (χ1) is 9.94. The highest BCUT2D eigenvalue weighted by Gasteiger charge is 3.10. The zero-order valence-corrected chi connectivity index (χ0v) is 10.8. The van der Waals surface area contributed by atoms with Crippen molar-refractivity contribution < 1.29 is 52.7 Å². The third-order valence-electron chi connectivity index (χ3n) is 5.56. The van der Waals surface area contributed by atoms with Gasteiger partial charge in [-0.3, -0.25) is 0 Å². The first-order valence-electron chi connectivity index (χ1n) is 6.11. The lowest BCUT2D eigenvalue weighted by Gasteiger charge is -2.71. The lowest BCUT2D eigenvalue weighted by Crippen LogP contribution is -2.99. The predicted octanol–water partition coefficient (Wildman–Crippen LogP) is 4.28. The molecule has 4 bridgehead atoms. The molecule has 0 aromatic heterocycles. The second-order valence-electron chi connectivity index (χ2n) is 6.22. The molecule has 4 unspecified atom stereocenters. The minimum absolute atomic E-state index is 0.740. The molecule has 0 amide bonds. The summed E-state index contributed by atoms with van der Waals surface area (Å²) in [6, 6.07) is 0. The van der Waals surface area contributed by atoms with Gasteiger partial charge in [0.2, 0.25) is 0 Å². The van der Waals surface area contributed by atoms with Gasteiger partial charge in [-0.1, -0.05) is 0 Å². The molecule has 23 heavy (non-hydrogen) atoms. The molecule has 0 heterocycles. The summed E-state index contributed by atoms with van der Waals surface area (Å²) in [5.74, 6) is -29.1. The van der Waals surface area contributed by atoms with Crippen molar-refractivity contribution in [2.24, 2.45) is 11.3 Å². The molecule has 4 aliphatic rings. The maximum atomic E-state index is 14.2. The first-order valence-corrected chi connectivity index (χ1v) is 6.11. The van der Waals surface area contributed by atoms with Crippen LogP contribution in [0.15, 0.2) is 0 Å². The summed E-state index contributed by atoms with van der Waals surface area (Å²) < 4.78 is 167. The van der Waals surface area contributed by atoms with E-state index in [0.29, 0.717) is 0 Å². The molecule has 0 nitrogen and oxygen atoms in total. The Bertz CT molecular complexity index is 546. The van der Waals surface area contributed by atoms with Crippen LogP contribution in [0.25, 0.3) is 0 Å². The van der Waals surface area contributed by atoms with Crippen molar-refractivity contribution in [1.82, 2.24) is 0 Å². The first kappa shape index (κ1) is 17.0. The largest absolute Gasteiger partial charge is 0.332 e. The van der Waals surface area contributed by atoms with E-state index in [4.69, 9.17) is 0 Å². The van der Waals surface area contributed by atoms with Gasteiger partial charge < -0.3 is 0 Å². The molecular weight excluding hydrogens is 360 g/mol. The fraction of sp³-hybridized carbons (Fsp3) is 1.00. The third-order valence-corrected chi connectivity index (χ3v) is 5.56. The number of alkyl halides is 12. The fourth-order valence-corrected chi connectivity index (χ4v) is 4.04. The number of halogens is 12. The molecule has 0 aromatic rings. The normalized spacial score (nSPS) is 57.5. The van der Waals surface area contributed by atoms with Crippen LogP contribution in [0.1, 0.15) is 6.92 Å². The van der Waals surface area contributed by atoms with Crippen molar-refractivity contribution in [3.05, 3.63) is 0 Å². The van der Waals surface area contributed by atoms with Gasteiger partial charge >= 0.3 is 17.8 Å². The van der Waals surface area contributed by atoms with Crippen molar-refractivity contribution >= 4 is 0 Å². The van der Waals surface area contributed by atoms with Gasteiger partial charge in [-0.15, -0.1) is 0 Å². The molecule has 12 heteroatoms. The zero-order valence-electron chi connectivity index (χ0n) is 10.8. The standard InChI is InChI=1S/C11H6F12/c1-5-8(16,17)2-3(12)6(14,9(5,18)19)11(22,23)7(15,4(2)13)10(5,20)21/h2-4H,1H3. The maximum Gasteiger partial charge on any atom is 0.332 e. The summed E-state index contributed by atoms with van der Waals surface area (Å²) in [5.41, 5.74) is -17.5. The number of rotatable bonds is 0. The van der Waals surface area contributed by atoms with E-state index < -0.39 is 65.6 Å². The Morgan fingerprint density at radius 1 is 0.565 bits per heavy atom. The Morgan fingerprint density at radius 3 is 1.17 bits per heavy atom. The van der Waals surface area contributed by atoms with E-state index in [9.17, 15) is 52.7 Å². The smallest absolute Gasteiger partial charge is 0.243 e. The van der Waals surface area contributed by atoms with Crippen LogP contribution < -0.4 is 0 Å². The van der Waals surface area contributed by atoms with Gasteiger partial charge in [0.25, 0.3) is 17.3 Å². The third kappa shape index (κ3) is 0.999. The second kappa shape index (κ2) is 3.42. The molecule has 4 fully saturated rings. The molecule has 0 aromatic carbocycles. The minimum Gasteiger partial charge on any atom is -0.243 e. The summed E-state index contributed by atoms with van der Waals surface area (Å²) in [5, 5.41) is 0. The van der Waals surface area contributed by atoms with Crippen molar-refractivity contribution in [3.8, 4) is 0 Å². The van der Waals surface area contributed by atoms with Gasteiger partial charge in [-0.05, 0) is 6.92 Å². The number of hydrogen-bond donors (Lipinski definition) is 0. The van der Waals surface area contributed by atoms with Crippen molar-refractivity contribution in [3.63, 3.8) is 0 Å². The quantitative estimate of drug-likeness (QED) is 0.562. The molecule has 0 saturated heterocycles. The van der Waals surface area contributed by atoms with Crippen LogP contribution in [-0.2, 0) is 0 Å². The highest BCUT2D eigenvalue weighted by Crippen LogP contribution is 2.84. The van der Waals surface area contributed by atoms with Gasteiger partial charge in [0.15, 0.2) is 17.8 Å². The van der Waals surface area contributed by atoms with Crippen LogP contribution in [0.5, 0.6) is 0 Å². The van der Waals surface area contributed by atoms with E-state index in [1.165, 1.54) is 0 Å². The highest BCUT2D eigenvalue weighted by molar-refractivity contribution is 5.44. The molecular formula is C11H6F12. The maximum absolute atomic E-state index is 14.2. The molecule has 4 aliphatic carbocycles. The van der Waals surface area contributed by atoms with Crippen LogP contribution in [0, 0.1) is 11.3 Å². The van der Waals surface area contributed by atoms with Crippen LogP contribution in [0.2, 0.25) is 0 Å². The molecule has 0 N–H and O–H groups in total. The average molecular weight is 366 g/mol. The van der Waals surface area contributed by atoms with Crippen LogP contribution in [-0.4, -0.2) is 47.4 Å². The van der Waals surface area contributed by atoms with Crippen molar-refractivity contribution in [2.45, 2.75) is 54.3 Å². The highest BCUT2D eigenvalue weighted by atomic mass is 19.3. The van der Waals surface area contributed by atoms with Gasteiger partial charge in [0, 0.05) is 0 Å². The molecule has 0 spiro atoms. The monoisotopic (exact) mass is 366 g/mol. The molecule has 4 atom stereocenters. The van der Waals surface area contributed by atoms with Crippen LogP contribution >= 0.6 is 0 Å². The second-order valence-corrected chi connectivity index (χ2v) is 6.22. The summed E-state index contributed by atoms with van der Waals surface area (Å²) in [4.78, 5) is 0. The topological polar surface area (TPSA) is 0 Å². The lowest BCUT2D eigenvalue weighted by atomic mass is 9.39. The Balaban J connectivity index is 2.52. The van der Waals surface area contributed by atoms with E-state index in [-0.39, 0.29) is 0 Å². The van der Waals surface area contributed by atoms with E-state index in [0.717, 1.165) is 0 Å². The van der Waals surface area contributed by atoms with Crippen LogP contribution in [0.3, 0.4) is 0 Å². The lowest BCUT2D eigenvalue weighted by molar-refractivity contribution is -0.537. The summed E-state index contributed by atoms with van der Waals surface area (Å²) in [6.07, 6.45) is -9.18. The Morgan fingerprint density at radius 2 is 0.870 bits per heavy atom. The van der Waals surface area contributed by atoms with Gasteiger partial charge in [-0.2, -0.15) is 8.78 Å². The summed E-state index contributed by atoms with van der Waals surface area (Å²) in [6.45, 7) is -0.740. The Hall–Kier alpha value is -0.840. The van der Waals surface area contributed by atoms with Gasteiger partial charge in [0.05, 0.1) is 5.92 Å². The molecule has 4 saturated carbocycles. The van der Waals surface area contributed by atoms with Gasteiger partial charge in [0.1, 0.15) is 0 Å². The molecule has 134 valence electrons. The van der Waals surface area contributed by atoms with E-state index >= 15 is 0 Å². The fourth-order valence-electron chi connectivity index (χ4n) is 4.04. The van der Waals surface area contributed by atoms with Crippen molar-refractivity contribution in [1.29, 1.82) is 0 Å². The SMILES string of the molecule is CC12C(F)(F)C3C(F)C(F)(C(F)(F)C(F)(C3F)C1(F)F)C2(F)F.